The van der Waals surface area contributed by atoms with Crippen molar-refractivity contribution in [1.82, 2.24) is 19.5 Å². The third-order valence-corrected chi connectivity index (χ3v) is 6.15. The Morgan fingerprint density at radius 2 is 2.09 bits per heavy atom. The van der Waals surface area contributed by atoms with Gasteiger partial charge in [0.15, 0.2) is 17.4 Å². The summed E-state index contributed by atoms with van der Waals surface area (Å²) >= 11 is 0. The number of benzene rings is 1. The Balaban J connectivity index is 1.81. The van der Waals surface area contributed by atoms with Crippen LogP contribution >= 0.6 is 0 Å². The summed E-state index contributed by atoms with van der Waals surface area (Å²) in [4.78, 5) is 18.2. The summed E-state index contributed by atoms with van der Waals surface area (Å²) < 4.78 is 41.4. The number of ether oxygens (including phenoxy) is 2. The number of fused-ring (bicyclic) bond motifs is 1. The monoisotopic (exact) mass is 481 g/mol. The molecular formula is C25H25F2N5O3. The zero-order valence-corrected chi connectivity index (χ0v) is 19.6. The van der Waals surface area contributed by atoms with Crippen LogP contribution in [0.25, 0.3) is 5.52 Å². The number of carbonyl (C=O) groups is 1. The lowest BCUT2D eigenvalue weighted by atomic mass is 10.0. The van der Waals surface area contributed by atoms with E-state index in [1.54, 1.807) is 22.6 Å². The van der Waals surface area contributed by atoms with Crippen LogP contribution in [0, 0.1) is 30.4 Å². The standard InChI is InChI=1S/C25H25F2N5O3/c1-5-21(33)31-11-16(9-17(31)12-34-3)19-10-15(24-25(28)29-13-30-32(19)24)6-7-18-22(26)14(2)8-20(35-4)23(18)27/h5,8,10,13,16-17H,1,9,11-12H2,2-4H3,(H2,28,29,30)/t16-,17-/m1/s1. The highest BCUT2D eigenvalue weighted by Crippen LogP contribution is 2.35. The zero-order valence-electron chi connectivity index (χ0n) is 19.6. The average Bonchev–Trinajstić information content (AvgIpc) is 3.43. The number of aromatic nitrogens is 3. The van der Waals surface area contributed by atoms with E-state index in [9.17, 15) is 13.6 Å². The fourth-order valence-electron chi connectivity index (χ4n) is 4.48. The molecule has 0 radical (unpaired) electrons. The van der Waals surface area contributed by atoms with E-state index in [4.69, 9.17) is 15.2 Å². The average molecular weight is 482 g/mol. The number of hydrogen-bond acceptors (Lipinski definition) is 6. The van der Waals surface area contributed by atoms with Crippen LogP contribution in [0.1, 0.15) is 34.7 Å². The van der Waals surface area contributed by atoms with E-state index >= 15 is 0 Å². The summed E-state index contributed by atoms with van der Waals surface area (Å²) in [6, 6.07) is 2.91. The molecule has 2 aromatic heterocycles. The van der Waals surface area contributed by atoms with E-state index in [1.165, 1.54) is 32.5 Å². The van der Waals surface area contributed by atoms with Crippen LogP contribution in [0.4, 0.5) is 14.6 Å². The van der Waals surface area contributed by atoms with Crippen molar-refractivity contribution in [3.63, 3.8) is 0 Å². The first-order chi connectivity index (χ1) is 16.8. The molecule has 3 aromatic rings. The Morgan fingerprint density at radius 3 is 2.77 bits per heavy atom. The quantitative estimate of drug-likeness (QED) is 0.445. The van der Waals surface area contributed by atoms with Crippen molar-refractivity contribution in [3.8, 4) is 17.6 Å². The summed E-state index contributed by atoms with van der Waals surface area (Å²) in [5.74, 6) is 3.57. The molecule has 8 nitrogen and oxygen atoms in total. The number of rotatable bonds is 5. The van der Waals surface area contributed by atoms with Gasteiger partial charge in [-0.3, -0.25) is 4.79 Å². The second-order valence-electron chi connectivity index (χ2n) is 8.27. The molecule has 182 valence electrons. The van der Waals surface area contributed by atoms with Crippen molar-refractivity contribution < 1.29 is 23.0 Å². The van der Waals surface area contributed by atoms with Gasteiger partial charge in [0.05, 0.1) is 25.3 Å². The molecule has 1 aliphatic rings. The minimum Gasteiger partial charge on any atom is -0.494 e. The van der Waals surface area contributed by atoms with Crippen molar-refractivity contribution >= 4 is 17.2 Å². The van der Waals surface area contributed by atoms with E-state index in [0.717, 1.165) is 5.69 Å². The van der Waals surface area contributed by atoms with Gasteiger partial charge in [0.1, 0.15) is 23.2 Å². The molecule has 10 heteroatoms. The minimum atomic E-state index is -0.882. The second kappa shape index (κ2) is 9.72. The summed E-state index contributed by atoms with van der Waals surface area (Å²) in [6.45, 7) is 5.88. The number of nitrogen functional groups attached to an aromatic ring is 1. The Labute approximate surface area is 201 Å². The molecule has 0 bridgehead atoms. The van der Waals surface area contributed by atoms with Crippen LogP contribution < -0.4 is 10.5 Å². The summed E-state index contributed by atoms with van der Waals surface area (Å²) in [5.41, 5.74) is 7.53. The predicted octanol–water partition coefficient (Wildman–Crippen LogP) is 2.82. The highest BCUT2D eigenvalue weighted by molar-refractivity contribution is 5.87. The molecular weight excluding hydrogens is 456 g/mol. The molecule has 3 heterocycles. The summed E-state index contributed by atoms with van der Waals surface area (Å²) in [7, 11) is 2.88. The Kier molecular flexibility index (Phi) is 6.71. The molecule has 0 aliphatic carbocycles. The van der Waals surface area contributed by atoms with Gasteiger partial charge in [-0.2, -0.15) is 5.10 Å². The van der Waals surface area contributed by atoms with Crippen molar-refractivity contribution in [1.29, 1.82) is 0 Å². The molecule has 0 spiro atoms. The van der Waals surface area contributed by atoms with Crippen LogP contribution in [-0.4, -0.2) is 58.8 Å². The van der Waals surface area contributed by atoms with Crippen molar-refractivity contribution in [3.05, 3.63) is 65.1 Å². The van der Waals surface area contributed by atoms with E-state index in [1.807, 2.05) is 0 Å². The third-order valence-electron chi connectivity index (χ3n) is 6.15. The van der Waals surface area contributed by atoms with Gasteiger partial charge >= 0.3 is 0 Å². The molecule has 2 N–H and O–H groups in total. The van der Waals surface area contributed by atoms with Gasteiger partial charge in [0, 0.05) is 25.3 Å². The molecule has 2 atom stereocenters. The first-order valence-electron chi connectivity index (χ1n) is 10.9. The normalized spacial score (nSPS) is 17.3. The number of carbonyl (C=O) groups excluding carboxylic acids is 1. The third kappa shape index (κ3) is 4.31. The lowest BCUT2D eigenvalue weighted by Gasteiger charge is -2.22. The van der Waals surface area contributed by atoms with Crippen LogP contribution in [0.3, 0.4) is 0 Å². The van der Waals surface area contributed by atoms with Crippen LogP contribution in [0.2, 0.25) is 0 Å². The van der Waals surface area contributed by atoms with Crippen molar-refractivity contribution in [2.75, 3.05) is 33.1 Å². The predicted molar refractivity (Wildman–Crippen MR) is 126 cm³/mol. The second-order valence-corrected chi connectivity index (χ2v) is 8.27. The smallest absolute Gasteiger partial charge is 0.246 e. The van der Waals surface area contributed by atoms with Gasteiger partial charge in [-0.15, -0.1) is 0 Å². The molecule has 1 saturated heterocycles. The van der Waals surface area contributed by atoms with Gasteiger partial charge in [-0.1, -0.05) is 18.4 Å². The number of halogens is 2. The number of hydrogen-bond donors (Lipinski definition) is 1. The lowest BCUT2D eigenvalue weighted by molar-refractivity contribution is -0.127. The van der Waals surface area contributed by atoms with E-state index in [-0.39, 0.29) is 35.0 Å². The number of aryl methyl sites for hydroxylation is 1. The maximum atomic E-state index is 14.7. The van der Waals surface area contributed by atoms with Gasteiger partial charge in [0.2, 0.25) is 5.91 Å². The van der Waals surface area contributed by atoms with Crippen LogP contribution in [0.15, 0.2) is 31.1 Å². The molecule has 4 rings (SSSR count). The summed E-state index contributed by atoms with van der Waals surface area (Å²) in [5, 5.41) is 4.33. The van der Waals surface area contributed by atoms with E-state index in [0.29, 0.717) is 30.7 Å². The van der Waals surface area contributed by atoms with Gasteiger partial charge in [0.25, 0.3) is 0 Å². The maximum Gasteiger partial charge on any atom is 0.246 e. The fourth-order valence-corrected chi connectivity index (χ4v) is 4.48. The first kappa shape index (κ1) is 24.2. The van der Waals surface area contributed by atoms with Crippen molar-refractivity contribution in [2.24, 2.45) is 0 Å². The molecule has 1 aromatic carbocycles. The molecule has 1 fully saturated rings. The Bertz CT molecular complexity index is 1380. The largest absolute Gasteiger partial charge is 0.494 e. The van der Waals surface area contributed by atoms with Crippen molar-refractivity contribution in [2.45, 2.75) is 25.3 Å². The van der Waals surface area contributed by atoms with E-state index < -0.39 is 17.2 Å². The number of likely N-dealkylation sites (tertiary alicyclic amines) is 1. The molecule has 0 saturated carbocycles. The van der Waals surface area contributed by atoms with Gasteiger partial charge in [-0.25, -0.2) is 18.3 Å². The molecule has 1 aliphatic heterocycles. The highest BCUT2D eigenvalue weighted by Gasteiger charge is 2.37. The lowest BCUT2D eigenvalue weighted by Crippen LogP contribution is -2.37. The number of nitrogens with zero attached hydrogens (tertiary/aromatic N) is 4. The van der Waals surface area contributed by atoms with Crippen LogP contribution in [-0.2, 0) is 9.53 Å². The fraction of sp³-hybridized carbons (Fsp3) is 0.320. The van der Waals surface area contributed by atoms with Gasteiger partial charge in [-0.05, 0) is 37.1 Å². The first-order valence-corrected chi connectivity index (χ1v) is 10.9. The molecule has 0 unspecified atom stereocenters. The molecule has 1 amide bonds. The highest BCUT2D eigenvalue weighted by atomic mass is 19.1. The van der Waals surface area contributed by atoms with Crippen LogP contribution in [0.5, 0.6) is 5.75 Å². The number of nitrogens with two attached hydrogens (primary N) is 1. The number of anilines is 1. The Morgan fingerprint density at radius 1 is 1.31 bits per heavy atom. The minimum absolute atomic E-state index is 0.0967. The maximum absolute atomic E-state index is 14.7. The SMILES string of the molecule is C=CC(=O)N1C[C@H](c2cc(C#Cc3c(F)c(C)cc(OC)c3F)c3c(N)ncnn23)C[C@@H]1COC. The van der Waals surface area contributed by atoms with E-state index in [2.05, 4.69) is 28.5 Å². The zero-order chi connectivity index (χ0) is 25.3. The number of amides is 1. The number of methoxy groups -OCH3 is 2. The van der Waals surface area contributed by atoms with Gasteiger partial charge < -0.3 is 20.1 Å². The topological polar surface area (TPSA) is 95.0 Å². The summed E-state index contributed by atoms with van der Waals surface area (Å²) in [6.07, 6.45) is 3.22. The Hall–Kier alpha value is -3.97. The molecule has 35 heavy (non-hydrogen) atoms.